The average molecular weight is 443 g/mol. The fourth-order valence-electron chi connectivity index (χ4n) is 3.96. The van der Waals surface area contributed by atoms with Gasteiger partial charge in [-0.25, -0.2) is 0 Å². The van der Waals surface area contributed by atoms with Gasteiger partial charge in [0.1, 0.15) is 11.5 Å². The molecular weight excluding hydrogens is 408 g/mol. The topological polar surface area (TPSA) is 67.8 Å². The summed E-state index contributed by atoms with van der Waals surface area (Å²) in [5.41, 5.74) is 2.16. The number of benzene rings is 2. The van der Waals surface area contributed by atoms with Gasteiger partial charge >= 0.3 is 0 Å². The van der Waals surface area contributed by atoms with Crippen LogP contribution in [-0.2, 0) is 13.1 Å². The summed E-state index contributed by atoms with van der Waals surface area (Å²) in [5.74, 6) is 4.09. The number of nitrogens with zero attached hydrogens (tertiary/aromatic N) is 3. The van der Waals surface area contributed by atoms with E-state index in [1.807, 2.05) is 43.4 Å². The summed E-state index contributed by atoms with van der Waals surface area (Å²) in [6.07, 6.45) is 0. The molecule has 3 rings (SSSR count). The Bertz CT molecular complexity index is 911. The molecule has 1 aliphatic rings. The van der Waals surface area contributed by atoms with E-state index < -0.39 is 0 Å². The summed E-state index contributed by atoms with van der Waals surface area (Å²) < 4.78 is 21.9. The van der Waals surface area contributed by atoms with E-state index in [4.69, 9.17) is 18.9 Å². The zero-order valence-corrected chi connectivity index (χ0v) is 19.7. The van der Waals surface area contributed by atoms with Crippen LogP contribution in [-0.4, -0.2) is 77.4 Å². The van der Waals surface area contributed by atoms with Crippen LogP contribution in [0, 0.1) is 0 Å². The predicted octanol–water partition coefficient (Wildman–Crippen LogP) is 2.61. The number of methoxy groups -OCH3 is 4. The standard InChI is InChI=1S/C24H34N4O4/c1-25-24(26-16-18-7-6-8-22(31-4)23(18)32-5)28-13-11-27(12-14-28)17-19-15-20(29-2)9-10-21(19)30-3/h6-10,15H,11-14,16-17H2,1-5H3,(H,25,26). The van der Waals surface area contributed by atoms with Gasteiger partial charge in [0.2, 0.25) is 0 Å². The van der Waals surface area contributed by atoms with Gasteiger partial charge in [0.15, 0.2) is 17.5 Å². The summed E-state index contributed by atoms with van der Waals surface area (Å²) in [6, 6.07) is 11.8. The second kappa shape index (κ2) is 11.5. The maximum Gasteiger partial charge on any atom is 0.194 e. The Morgan fingerprint density at radius 3 is 2.25 bits per heavy atom. The highest BCUT2D eigenvalue weighted by atomic mass is 16.5. The molecule has 0 aromatic heterocycles. The number of rotatable bonds is 8. The summed E-state index contributed by atoms with van der Waals surface area (Å²) in [4.78, 5) is 9.19. The number of piperazine rings is 1. The lowest BCUT2D eigenvalue weighted by molar-refractivity contribution is 0.171. The molecule has 2 aromatic rings. The van der Waals surface area contributed by atoms with Crippen molar-refractivity contribution in [2.45, 2.75) is 13.1 Å². The molecule has 174 valence electrons. The fraction of sp³-hybridized carbons (Fsp3) is 0.458. The normalized spacial score (nSPS) is 14.8. The minimum absolute atomic E-state index is 0.605. The minimum atomic E-state index is 0.605. The molecule has 1 heterocycles. The van der Waals surface area contributed by atoms with Crippen molar-refractivity contribution in [3.63, 3.8) is 0 Å². The van der Waals surface area contributed by atoms with E-state index in [-0.39, 0.29) is 0 Å². The predicted molar refractivity (Wildman–Crippen MR) is 126 cm³/mol. The molecule has 0 saturated carbocycles. The van der Waals surface area contributed by atoms with Gasteiger partial charge in [-0.15, -0.1) is 0 Å². The first-order chi connectivity index (χ1) is 15.6. The lowest BCUT2D eigenvalue weighted by atomic mass is 10.1. The van der Waals surface area contributed by atoms with Gasteiger partial charge in [0.05, 0.1) is 28.4 Å². The van der Waals surface area contributed by atoms with Crippen molar-refractivity contribution in [2.75, 3.05) is 61.7 Å². The SMILES string of the molecule is CN=C(NCc1cccc(OC)c1OC)N1CCN(Cc2cc(OC)ccc2OC)CC1. The summed E-state index contributed by atoms with van der Waals surface area (Å²) in [7, 11) is 8.51. The summed E-state index contributed by atoms with van der Waals surface area (Å²) >= 11 is 0. The largest absolute Gasteiger partial charge is 0.497 e. The van der Waals surface area contributed by atoms with E-state index in [1.165, 1.54) is 0 Å². The van der Waals surface area contributed by atoms with E-state index in [2.05, 4.69) is 20.1 Å². The third-order valence-corrected chi connectivity index (χ3v) is 5.69. The molecule has 1 saturated heterocycles. The van der Waals surface area contributed by atoms with Crippen molar-refractivity contribution < 1.29 is 18.9 Å². The number of guanidine groups is 1. The Kier molecular flexibility index (Phi) is 8.44. The Hall–Kier alpha value is -3.13. The van der Waals surface area contributed by atoms with Crippen LogP contribution in [0.25, 0.3) is 0 Å². The quantitative estimate of drug-likeness (QED) is 0.498. The first kappa shape index (κ1) is 23.5. The van der Waals surface area contributed by atoms with Crippen molar-refractivity contribution >= 4 is 5.96 Å². The second-order valence-electron chi connectivity index (χ2n) is 7.49. The van der Waals surface area contributed by atoms with E-state index in [1.54, 1.807) is 28.4 Å². The van der Waals surface area contributed by atoms with Gasteiger partial charge in [-0.05, 0) is 24.3 Å². The molecule has 0 aliphatic carbocycles. The lowest BCUT2D eigenvalue weighted by Gasteiger charge is -2.36. The van der Waals surface area contributed by atoms with Crippen LogP contribution in [0.2, 0.25) is 0 Å². The molecular formula is C24H34N4O4. The first-order valence-corrected chi connectivity index (χ1v) is 10.7. The first-order valence-electron chi connectivity index (χ1n) is 10.7. The maximum atomic E-state index is 5.54. The van der Waals surface area contributed by atoms with E-state index in [9.17, 15) is 0 Å². The minimum Gasteiger partial charge on any atom is -0.497 e. The molecule has 2 aromatic carbocycles. The van der Waals surface area contributed by atoms with Crippen molar-refractivity contribution in [1.29, 1.82) is 0 Å². The maximum absolute atomic E-state index is 5.54. The van der Waals surface area contributed by atoms with Crippen molar-refractivity contribution in [2.24, 2.45) is 4.99 Å². The molecule has 1 N–H and O–H groups in total. The van der Waals surface area contributed by atoms with Gasteiger partial charge in [-0.1, -0.05) is 12.1 Å². The van der Waals surface area contributed by atoms with Gasteiger partial charge in [-0.2, -0.15) is 0 Å². The highest BCUT2D eigenvalue weighted by Gasteiger charge is 2.21. The Morgan fingerprint density at radius 2 is 1.62 bits per heavy atom. The smallest absolute Gasteiger partial charge is 0.194 e. The highest BCUT2D eigenvalue weighted by molar-refractivity contribution is 5.80. The van der Waals surface area contributed by atoms with Crippen LogP contribution in [0.5, 0.6) is 23.0 Å². The monoisotopic (exact) mass is 442 g/mol. The number of hydrogen-bond donors (Lipinski definition) is 1. The second-order valence-corrected chi connectivity index (χ2v) is 7.49. The Balaban J connectivity index is 1.57. The Morgan fingerprint density at radius 1 is 0.875 bits per heavy atom. The van der Waals surface area contributed by atoms with Crippen LogP contribution in [0.3, 0.4) is 0 Å². The number of para-hydroxylation sites is 1. The average Bonchev–Trinajstić information content (AvgIpc) is 2.84. The molecule has 0 atom stereocenters. The number of nitrogens with one attached hydrogen (secondary N) is 1. The van der Waals surface area contributed by atoms with Crippen molar-refractivity contribution in [3.05, 3.63) is 47.5 Å². The van der Waals surface area contributed by atoms with Crippen molar-refractivity contribution in [1.82, 2.24) is 15.1 Å². The molecule has 8 nitrogen and oxygen atoms in total. The van der Waals surface area contributed by atoms with Gasteiger partial charge < -0.3 is 29.2 Å². The van der Waals surface area contributed by atoms with Gasteiger partial charge in [-0.3, -0.25) is 9.89 Å². The fourth-order valence-corrected chi connectivity index (χ4v) is 3.96. The molecule has 32 heavy (non-hydrogen) atoms. The molecule has 0 unspecified atom stereocenters. The zero-order valence-electron chi connectivity index (χ0n) is 19.7. The molecule has 0 bridgehead atoms. The summed E-state index contributed by atoms with van der Waals surface area (Å²) in [6.45, 7) is 5.07. The highest BCUT2D eigenvalue weighted by Crippen LogP contribution is 2.30. The Labute approximate surface area is 190 Å². The van der Waals surface area contributed by atoms with Crippen LogP contribution in [0.4, 0.5) is 0 Å². The summed E-state index contributed by atoms with van der Waals surface area (Å²) in [5, 5.41) is 3.46. The lowest BCUT2D eigenvalue weighted by Crippen LogP contribution is -2.52. The van der Waals surface area contributed by atoms with E-state index >= 15 is 0 Å². The van der Waals surface area contributed by atoms with Gasteiger partial charge in [0, 0.05) is 57.4 Å². The van der Waals surface area contributed by atoms with Crippen molar-refractivity contribution in [3.8, 4) is 23.0 Å². The molecule has 8 heteroatoms. The molecule has 0 radical (unpaired) electrons. The third kappa shape index (κ3) is 5.56. The van der Waals surface area contributed by atoms with E-state index in [0.29, 0.717) is 6.54 Å². The van der Waals surface area contributed by atoms with Crippen LogP contribution < -0.4 is 24.3 Å². The molecule has 0 spiro atoms. The van der Waals surface area contributed by atoms with Crippen LogP contribution in [0.15, 0.2) is 41.4 Å². The van der Waals surface area contributed by atoms with Crippen LogP contribution in [0.1, 0.15) is 11.1 Å². The number of hydrogen-bond acceptors (Lipinski definition) is 6. The number of ether oxygens (including phenoxy) is 4. The van der Waals surface area contributed by atoms with Gasteiger partial charge in [0.25, 0.3) is 0 Å². The third-order valence-electron chi connectivity index (χ3n) is 5.69. The van der Waals surface area contributed by atoms with Crippen LogP contribution >= 0.6 is 0 Å². The number of aliphatic imine (C=N–C) groups is 1. The molecule has 1 fully saturated rings. The molecule has 0 amide bonds. The zero-order chi connectivity index (χ0) is 22.9. The molecule has 1 aliphatic heterocycles. The van der Waals surface area contributed by atoms with E-state index in [0.717, 1.165) is 72.8 Å².